The summed E-state index contributed by atoms with van der Waals surface area (Å²) in [6.45, 7) is 0. The maximum absolute atomic E-state index is 13.6. The fourth-order valence-corrected chi connectivity index (χ4v) is 3.14. The lowest BCUT2D eigenvalue weighted by Gasteiger charge is -2.24. The van der Waals surface area contributed by atoms with Crippen molar-refractivity contribution in [2.45, 2.75) is 3.92 Å². The van der Waals surface area contributed by atoms with Crippen molar-refractivity contribution >= 4 is 75.8 Å². The SMILES string of the molecule is O=C(Nc1ccccc1)N(SC(F)(Cl)Cl)c1cc(Cl)cc(Cl)c1. The summed E-state index contributed by atoms with van der Waals surface area (Å²) < 4.78 is 11.8. The molecule has 2 amide bonds. The van der Waals surface area contributed by atoms with Gasteiger partial charge in [-0.25, -0.2) is 9.10 Å². The maximum Gasteiger partial charge on any atom is 0.336 e. The molecule has 0 saturated carbocycles. The van der Waals surface area contributed by atoms with E-state index in [1.165, 1.54) is 18.2 Å². The first-order valence-electron chi connectivity index (χ1n) is 6.13. The summed E-state index contributed by atoms with van der Waals surface area (Å²) in [7, 11) is 0. The molecule has 0 fully saturated rings. The third kappa shape index (κ3) is 5.94. The van der Waals surface area contributed by atoms with Gasteiger partial charge in [-0.05, 0) is 30.3 Å². The van der Waals surface area contributed by atoms with Crippen LogP contribution in [0.5, 0.6) is 0 Å². The largest absolute Gasteiger partial charge is 0.336 e. The summed E-state index contributed by atoms with van der Waals surface area (Å²) in [5.41, 5.74) is 0.745. The van der Waals surface area contributed by atoms with Gasteiger partial charge in [-0.2, -0.15) is 4.39 Å². The number of anilines is 2. The number of amides is 2. The molecule has 0 atom stereocenters. The van der Waals surface area contributed by atoms with Crippen LogP contribution < -0.4 is 9.62 Å². The Bertz CT molecular complexity index is 677. The molecule has 122 valence electrons. The lowest BCUT2D eigenvalue weighted by molar-refractivity contribution is 0.260. The van der Waals surface area contributed by atoms with Crippen LogP contribution in [0, 0.1) is 0 Å². The summed E-state index contributed by atoms with van der Waals surface area (Å²) in [4.78, 5) is 12.4. The summed E-state index contributed by atoms with van der Waals surface area (Å²) in [6, 6.07) is 12.3. The number of hydrogen-bond donors (Lipinski definition) is 1. The van der Waals surface area contributed by atoms with Crippen LogP contribution in [0.1, 0.15) is 0 Å². The Morgan fingerprint density at radius 1 is 1.09 bits per heavy atom. The molecule has 1 N–H and O–H groups in total. The predicted octanol–water partition coefficient (Wildman–Crippen LogP) is 6.74. The molecule has 0 aliphatic heterocycles. The number of urea groups is 1. The molecule has 3 nitrogen and oxygen atoms in total. The number of rotatable bonds is 4. The normalized spacial score (nSPS) is 11.2. The van der Waals surface area contributed by atoms with Gasteiger partial charge in [0.1, 0.15) is 0 Å². The van der Waals surface area contributed by atoms with Gasteiger partial charge in [-0.1, -0.05) is 64.6 Å². The average molecular weight is 414 g/mol. The quantitative estimate of drug-likeness (QED) is 0.444. The van der Waals surface area contributed by atoms with Gasteiger partial charge >= 0.3 is 9.95 Å². The van der Waals surface area contributed by atoms with E-state index in [4.69, 9.17) is 46.4 Å². The van der Waals surface area contributed by atoms with E-state index in [-0.39, 0.29) is 27.7 Å². The topological polar surface area (TPSA) is 32.3 Å². The van der Waals surface area contributed by atoms with E-state index in [1.807, 2.05) is 0 Å². The van der Waals surface area contributed by atoms with Crippen molar-refractivity contribution in [3.8, 4) is 0 Å². The standard InChI is InChI=1S/C14H9Cl4FN2OS/c15-9-6-10(16)8-12(7-9)21(23-14(17,18)19)13(22)20-11-4-2-1-3-5-11/h1-8H,(H,20,22). The molecule has 0 aromatic heterocycles. The Morgan fingerprint density at radius 3 is 2.17 bits per heavy atom. The van der Waals surface area contributed by atoms with Crippen molar-refractivity contribution in [1.29, 1.82) is 0 Å². The van der Waals surface area contributed by atoms with Crippen LogP contribution in [-0.2, 0) is 0 Å². The zero-order valence-electron chi connectivity index (χ0n) is 11.3. The lowest BCUT2D eigenvalue weighted by atomic mass is 10.3. The summed E-state index contributed by atoms with van der Waals surface area (Å²) >= 11 is 22.9. The van der Waals surface area contributed by atoms with Crippen molar-refractivity contribution < 1.29 is 9.18 Å². The van der Waals surface area contributed by atoms with Crippen molar-refractivity contribution in [3.05, 3.63) is 58.6 Å². The fourth-order valence-electron chi connectivity index (χ4n) is 1.67. The van der Waals surface area contributed by atoms with Gasteiger partial charge in [-0.3, -0.25) is 0 Å². The molecular formula is C14H9Cl4FN2OS. The first kappa shape index (κ1) is 18.5. The Hall–Kier alpha value is -0.850. The number of para-hydroxylation sites is 1. The van der Waals surface area contributed by atoms with E-state index in [0.29, 0.717) is 5.69 Å². The van der Waals surface area contributed by atoms with Crippen LogP contribution in [0.25, 0.3) is 0 Å². The first-order chi connectivity index (χ1) is 10.7. The summed E-state index contributed by atoms with van der Waals surface area (Å²) in [5.74, 6) is 0. The van der Waals surface area contributed by atoms with E-state index >= 15 is 0 Å². The highest BCUT2D eigenvalue weighted by molar-refractivity contribution is 8.05. The van der Waals surface area contributed by atoms with Crippen LogP contribution >= 0.6 is 58.4 Å². The molecule has 9 heteroatoms. The highest BCUT2D eigenvalue weighted by atomic mass is 35.5. The van der Waals surface area contributed by atoms with Crippen LogP contribution in [0.15, 0.2) is 48.5 Å². The highest BCUT2D eigenvalue weighted by Gasteiger charge is 2.32. The Balaban J connectivity index is 2.31. The highest BCUT2D eigenvalue weighted by Crippen LogP contribution is 2.42. The molecule has 0 heterocycles. The van der Waals surface area contributed by atoms with Gasteiger partial charge in [0.15, 0.2) is 0 Å². The summed E-state index contributed by atoms with van der Waals surface area (Å²) in [5, 5.41) is 3.15. The van der Waals surface area contributed by atoms with Gasteiger partial charge in [0.2, 0.25) is 0 Å². The second-order valence-electron chi connectivity index (χ2n) is 4.26. The van der Waals surface area contributed by atoms with Gasteiger partial charge < -0.3 is 5.32 Å². The maximum atomic E-state index is 13.6. The predicted molar refractivity (Wildman–Crippen MR) is 97.5 cm³/mol. The van der Waals surface area contributed by atoms with Crippen LogP contribution in [0.4, 0.5) is 20.6 Å². The molecular weight excluding hydrogens is 405 g/mol. The minimum Gasteiger partial charge on any atom is -0.307 e. The molecule has 23 heavy (non-hydrogen) atoms. The second-order valence-corrected chi connectivity index (χ2v) is 7.92. The van der Waals surface area contributed by atoms with Crippen molar-refractivity contribution in [2.75, 3.05) is 9.62 Å². The molecule has 2 rings (SSSR count). The number of carbonyl (C=O) groups is 1. The molecule has 0 saturated heterocycles. The minimum absolute atomic E-state index is 0.226. The number of halogens is 5. The zero-order valence-corrected chi connectivity index (χ0v) is 15.1. The molecule has 0 spiro atoms. The number of nitrogens with one attached hydrogen (secondary N) is 1. The van der Waals surface area contributed by atoms with Gasteiger partial charge in [-0.15, -0.1) is 0 Å². The first-order valence-corrected chi connectivity index (χ1v) is 8.41. The zero-order chi connectivity index (χ0) is 17.0. The summed E-state index contributed by atoms with van der Waals surface area (Å²) in [6.07, 6.45) is 0. The Morgan fingerprint density at radius 2 is 1.65 bits per heavy atom. The lowest BCUT2D eigenvalue weighted by Crippen LogP contribution is -2.31. The minimum atomic E-state index is -2.72. The van der Waals surface area contributed by atoms with Crippen LogP contribution in [0.3, 0.4) is 0 Å². The van der Waals surface area contributed by atoms with E-state index in [2.05, 4.69) is 5.32 Å². The molecule has 0 aliphatic carbocycles. The fraction of sp³-hybridized carbons (Fsp3) is 0.0714. The average Bonchev–Trinajstić information content (AvgIpc) is 2.43. The van der Waals surface area contributed by atoms with Gasteiger partial charge in [0.25, 0.3) is 0 Å². The molecule has 0 radical (unpaired) electrons. The number of nitrogens with zero attached hydrogens (tertiary/aromatic N) is 1. The second kappa shape index (κ2) is 7.81. The molecule has 0 aliphatic rings. The van der Waals surface area contributed by atoms with Gasteiger partial charge in [0, 0.05) is 27.7 Å². The van der Waals surface area contributed by atoms with E-state index in [0.717, 1.165) is 4.31 Å². The number of carbonyl (C=O) groups excluding carboxylic acids is 1. The van der Waals surface area contributed by atoms with Crippen molar-refractivity contribution in [2.24, 2.45) is 0 Å². The molecule has 2 aromatic rings. The smallest absolute Gasteiger partial charge is 0.307 e. The van der Waals surface area contributed by atoms with E-state index in [1.54, 1.807) is 30.3 Å². The van der Waals surface area contributed by atoms with E-state index in [9.17, 15) is 9.18 Å². The Labute approximate surface area is 156 Å². The monoisotopic (exact) mass is 412 g/mol. The molecule has 0 unspecified atom stereocenters. The number of benzene rings is 2. The van der Waals surface area contributed by atoms with Crippen LogP contribution in [0.2, 0.25) is 10.0 Å². The Kier molecular flexibility index (Phi) is 6.28. The third-order valence-corrected chi connectivity index (χ3v) is 4.10. The number of hydrogen-bond acceptors (Lipinski definition) is 2. The van der Waals surface area contributed by atoms with Crippen molar-refractivity contribution in [3.63, 3.8) is 0 Å². The van der Waals surface area contributed by atoms with E-state index < -0.39 is 9.95 Å². The number of alkyl halides is 3. The van der Waals surface area contributed by atoms with Gasteiger partial charge in [0.05, 0.1) is 5.69 Å². The van der Waals surface area contributed by atoms with Crippen LogP contribution in [-0.4, -0.2) is 9.95 Å². The molecule has 2 aromatic carbocycles. The molecule has 0 bridgehead atoms. The third-order valence-electron chi connectivity index (χ3n) is 2.49. The van der Waals surface area contributed by atoms with Crippen molar-refractivity contribution in [1.82, 2.24) is 0 Å².